The van der Waals surface area contributed by atoms with Gasteiger partial charge in [-0.3, -0.25) is 4.79 Å². The fourth-order valence-corrected chi connectivity index (χ4v) is 2.55. The van der Waals surface area contributed by atoms with Crippen LogP contribution in [0.4, 0.5) is 13.2 Å². The van der Waals surface area contributed by atoms with Crippen LogP contribution in [-0.2, 0) is 4.79 Å². The molecular weight excluding hydrogens is 245 g/mol. The van der Waals surface area contributed by atoms with Crippen LogP contribution in [0.2, 0.25) is 0 Å². The van der Waals surface area contributed by atoms with Gasteiger partial charge in [0.2, 0.25) is 5.91 Å². The topological polar surface area (TPSA) is 46.3 Å². The number of carbonyl (C=O) groups is 1. The van der Waals surface area contributed by atoms with Crippen molar-refractivity contribution in [2.45, 2.75) is 50.7 Å². The van der Waals surface area contributed by atoms with Gasteiger partial charge >= 0.3 is 6.18 Å². The van der Waals surface area contributed by atoms with Gasteiger partial charge in [-0.25, -0.2) is 0 Å². The molecule has 2 aliphatic carbocycles. The molecule has 0 spiro atoms. The Morgan fingerprint density at radius 1 is 1.33 bits per heavy atom. The predicted molar refractivity (Wildman–Crippen MR) is 60.7 cm³/mol. The van der Waals surface area contributed by atoms with E-state index in [1.807, 2.05) is 0 Å². The maximum Gasteiger partial charge on any atom is 0.406 e. The molecule has 18 heavy (non-hydrogen) atoms. The summed E-state index contributed by atoms with van der Waals surface area (Å²) in [6.45, 7) is -0.722. The average Bonchev–Trinajstić information content (AvgIpc) is 3.02. The second-order valence-electron chi connectivity index (χ2n) is 5.60. The van der Waals surface area contributed by atoms with Crippen molar-refractivity contribution in [1.82, 2.24) is 4.90 Å². The lowest BCUT2D eigenvalue weighted by Crippen LogP contribution is -2.46. The van der Waals surface area contributed by atoms with Crippen molar-refractivity contribution < 1.29 is 18.0 Å². The molecule has 0 unspecified atom stereocenters. The zero-order chi connectivity index (χ0) is 13.4. The monoisotopic (exact) mass is 264 g/mol. The lowest BCUT2D eigenvalue weighted by atomic mass is 9.66. The molecule has 104 valence electrons. The van der Waals surface area contributed by atoms with Crippen molar-refractivity contribution in [1.29, 1.82) is 0 Å². The van der Waals surface area contributed by atoms with E-state index in [9.17, 15) is 18.0 Å². The Morgan fingerprint density at radius 2 is 1.94 bits per heavy atom. The number of rotatable bonds is 5. The smallest absolute Gasteiger partial charge is 0.331 e. The molecule has 6 heteroatoms. The minimum atomic E-state index is -4.31. The van der Waals surface area contributed by atoms with Crippen molar-refractivity contribution in [2.75, 3.05) is 13.1 Å². The second-order valence-corrected chi connectivity index (χ2v) is 5.60. The predicted octanol–water partition coefficient (Wildman–Crippen LogP) is 2.06. The number of hydrogen-bond donors (Lipinski definition) is 1. The average molecular weight is 264 g/mol. The molecule has 1 amide bonds. The molecule has 0 heterocycles. The van der Waals surface area contributed by atoms with E-state index in [4.69, 9.17) is 5.73 Å². The van der Waals surface area contributed by atoms with Gasteiger partial charge in [0.05, 0.1) is 0 Å². The summed E-state index contributed by atoms with van der Waals surface area (Å²) >= 11 is 0. The van der Waals surface area contributed by atoms with Crippen molar-refractivity contribution in [3.05, 3.63) is 0 Å². The Balaban J connectivity index is 1.95. The normalized spacial score (nSPS) is 22.4. The summed E-state index contributed by atoms with van der Waals surface area (Å²) in [7, 11) is 0. The summed E-state index contributed by atoms with van der Waals surface area (Å²) in [5, 5.41) is 0. The van der Waals surface area contributed by atoms with E-state index in [1.165, 1.54) is 0 Å². The van der Waals surface area contributed by atoms with Crippen molar-refractivity contribution in [2.24, 2.45) is 11.1 Å². The highest BCUT2D eigenvalue weighted by Gasteiger charge is 2.44. The molecule has 2 aliphatic rings. The van der Waals surface area contributed by atoms with Gasteiger partial charge in [0, 0.05) is 12.5 Å². The number of alkyl halides is 3. The third-order valence-corrected chi connectivity index (χ3v) is 4.03. The lowest BCUT2D eigenvalue weighted by Gasteiger charge is -2.41. The third kappa shape index (κ3) is 3.16. The number of carbonyl (C=O) groups excluding carboxylic acids is 1. The van der Waals surface area contributed by atoms with Crippen LogP contribution in [0.1, 0.15) is 38.5 Å². The van der Waals surface area contributed by atoms with Gasteiger partial charge in [0.25, 0.3) is 0 Å². The molecule has 3 nitrogen and oxygen atoms in total. The minimum Gasteiger partial charge on any atom is -0.331 e. The summed E-state index contributed by atoms with van der Waals surface area (Å²) in [6, 6.07) is -0.200. The van der Waals surface area contributed by atoms with Gasteiger partial charge in [0.1, 0.15) is 6.54 Å². The first-order chi connectivity index (χ1) is 8.35. The maximum absolute atomic E-state index is 12.4. The number of amides is 1. The molecule has 2 saturated carbocycles. The Kier molecular flexibility index (Phi) is 3.58. The molecule has 2 fully saturated rings. The van der Waals surface area contributed by atoms with E-state index in [-0.39, 0.29) is 23.8 Å². The highest BCUT2D eigenvalue weighted by Crippen LogP contribution is 2.44. The van der Waals surface area contributed by atoms with Gasteiger partial charge < -0.3 is 10.6 Å². The van der Waals surface area contributed by atoms with Crippen LogP contribution in [0.15, 0.2) is 0 Å². The minimum absolute atomic E-state index is 0.177. The first kappa shape index (κ1) is 13.6. The van der Waals surface area contributed by atoms with Gasteiger partial charge in [-0.05, 0) is 37.6 Å². The summed E-state index contributed by atoms with van der Waals surface area (Å²) in [5.74, 6) is -0.375. The van der Waals surface area contributed by atoms with E-state index in [2.05, 4.69) is 0 Å². The number of nitrogens with two attached hydrogens (primary N) is 1. The van der Waals surface area contributed by atoms with E-state index in [0.29, 0.717) is 19.4 Å². The molecule has 2 rings (SSSR count). The number of halogens is 3. The zero-order valence-corrected chi connectivity index (χ0v) is 10.3. The van der Waals surface area contributed by atoms with Crippen molar-refractivity contribution in [3.63, 3.8) is 0 Å². The Morgan fingerprint density at radius 3 is 2.28 bits per heavy atom. The Labute approximate surface area is 104 Å². The molecule has 0 bridgehead atoms. The molecule has 0 aliphatic heterocycles. The fourth-order valence-electron chi connectivity index (χ4n) is 2.55. The van der Waals surface area contributed by atoms with Crippen LogP contribution in [0.5, 0.6) is 0 Å². The van der Waals surface area contributed by atoms with Gasteiger partial charge in [0.15, 0.2) is 0 Å². The van der Waals surface area contributed by atoms with Crippen LogP contribution in [-0.4, -0.2) is 36.1 Å². The van der Waals surface area contributed by atoms with Gasteiger partial charge in [-0.2, -0.15) is 13.2 Å². The number of hydrogen-bond acceptors (Lipinski definition) is 2. The second kappa shape index (κ2) is 4.72. The van der Waals surface area contributed by atoms with Crippen molar-refractivity contribution >= 4 is 5.91 Å². The van der Waals surface area contributed by atoms with Crippen LogP contribution in [0, 0.1) is 5.41 Å². The third-order valence-electron chi connectivity index (χ3n) is 4.03. The van der Waals surface area contributed by atoms with E-state index >= 15 is 0 Å². The van der Waals surface area contributed by atoms with Crippen LogP contribution < -0.4 is 5.73 Å². The molecule has 2 N–H and O–H groups in total. The maximum atomic E-state index is 12.4. The fraction of sp³-hybridized carbons (Fsp3) is 0.917. The zero-order valence-electron chi connectivity index (χ0n) is 10.3. The van der Waals surface area contributed by atoms with Gasteiger partial charge in [-0.1, -0.05) is 6.42 Å². The molecule has 0 aromatic heterocycles. The molecule has 0 radical (unpaired) electrons. The van der Waals surface area contributed by atoms with Crippen LogP contribution in [0.3, 0.4) is 0 Å². The molecule has 0 saturated heterocycles. The number of nitrogens with zero attached hydrogens (tertiary/aromatic N) is 1. The van der Waals surface area contributed by atoms with E-state index in [1.54, 1.807) is 0 Å². The lowest BCUT2D eigenvalue weighted by molar-refractivity contribution is -0.164. The first-order valence-electron chi connectivity index (χ1n) is 6.42. The molecule has 0 aromatic carbocycles. The summed E-state index contributed by atoms with van der Waals surface area (Å²) in [4.78, 5) is 13.0. The van der Waals surface area contributed by atoms with E-state index < -0.39 is 12.7 Å². The van der Waals surface area contributed by atoms with Crippen molar-refractivity contribution in [3.8, 4) is 0 Å². The summed E-state index contributed by atoms with van der Waals surface area (Å²) in [6.07, 6.45) is -0.00851. The van der Waals surface area contributed by atoms with Crippen LogP contribution in [0.25, 0.3) is 0 Å². The van der Waals surface area contributed by atoms with E-state index in [0.717, 1.165) is 24.2 Å². The standard InChI is InChI=1S/C12H19F3N2O/c13-12(14,15)8-17(9-2-3-9)10(18)6-11(7-16)4-1-5-11/h9H,1-8,16H2. The first-order valence-corrected chi connectivity index (χ1v) is 6.42. The van der Waals surface area contributed by atoms with Gasteiger partial charge in [-0.15, -0.1) is 0 Å². The SMILES string of the molecule is NCC1(CC(=O)N(CC(F)(F)F)C2CC2)CCC1. The molecule has 0 aromatic rings. The quantitative estimate of drug-likeness (QED) is 0.826. The summed E-state index contributed by atoms with van der Waals surface area (Å²) in [5.41, 5.74) is 5.42. The Bertz CT molecular complexity index is 316. The Hall–Kier alpha value is -0.780. The summed E-state index contributed by atoms with van der Waals surface area (Å²) < 4.78 is 37.3. The molecular formula is C12H19F3N2O. The highest BCUT2D eigenvalue weighted by molar-refractivity contribution is 5.78. The molecule has 0 atom stereocenters. The van der Waals surface area contributed by atoms with Crippen LogP contribution >= 0.6 is 0 Å². The highest BCUT2D eigenvalue weighted by atomic mass is 19.4. The largest absolute Gasteiger partial charge is 0.406 e.